The lowest BCUT2D eigenvalue weighted by molar-refractivity contribution is 0.0964. The van der Waals surface area contributed by atoms with Crippen molar-refractivity contribution in [3.63, 3.8) is 0 Å². The molecule has 1 N–H and O–H groups in total. The summed E-state index contributed by atoms with van der Waals surface area (Å²) >= 11 is 7.10. The highest BCUT2D eigenvalue weighted by atomic mass is 35.5. The summed E-state index contributed by atoms with van der Waals surface area (Å²) in [6, 6.07) is 15.9. The second-order valence-corrected chi connectivity index (χ2v) is 6.16. The molecule has 2 aromatic rings. The number of hydrogen-bond acceptors (Lipinski definition) is 4. The second-order valence-electron chi connectivity index (χ2n) is 4.55. The third-order valence-corrected chi connectivity index (χ3v) is 4.25. The van der Waals surface area contributed by atoms with Crippen LogP contribution >= 0.6 is 23.4 Å². The molecule has 0 heterocycles. The van der Waals surface area contributed by atoms with Gasteiger partial charge in [0.1, 0.15) is 5.37 Å². The first-order valence-electron chi connectivity index (χ1n) is 7.05. The highest BCUT2D eigenvalue weighted by molar-refractivity contribution is 8.00. The third kappa shape index (κ3) is 5.30. The highest BCUT2D eigenvalue weighted by Crippen LogP contribution is 2.26. The number of benzene rings is 2. The van der Waals surface area contributed by atoms with Crippen LogP contribution in [0.15, 0.2) is 59.5 Å². The van der Waals surface area contributed by atoms with Gasteiger partial charge in [-0.1, -0.05) is 53.7 Å². The number of rotatable bonds is 6. The SMILES string of the molecule is CCOC(=O)N[C@@H](Sc1ccc(Cl)cc1)C(=O)c1ccccc1. The molecule has 0 fully saturated rings. The van der Waals surface area contributed by atoms with E-state index in [2.05, 4.69) is 5.32 Å². The van der Waals surface area contributed by atoms with Gasteiger partial charge in [0.05, 0.1) is 6.61 Å². The van der Waals surface area contributed by atoms with E-state index in [0.717, 1.165) is 4.90 Å². The number of halogens is 1. The highest BCUT2D eigenvalue weighted by Gasteiger charge is 2.23. The molecule has 0 bridgehead atoms. The van der Waals surface area contributed by atoms with Crippen LogP contribution in [0.3, 0.4) is 0 Å². The summed E-state index contributed by atoms with van der Waals surface area (Å²) in [4.78, 5) is 25.2. The Balaban J connectivity index is 2.18. The maximum absolute atomic E-state index is 12.6. The van der Waals surface area contributed by atoms with Gasteiger partial charge in [-0.15, -0.1) is 0 Å². The van der Waals surface area contributed by atoms with E-state index in [1.165, 1.54) is 11.8 Å². The Labute approximate surface area is 144 Å². The molecule has 0 spiro atoms. The van der Waals surface area contributed by atoms with E-state index in [1.807, 2.05) is 6.07 Å². The van der Waals surface area contributed by atoms with Crippen molar-refractivity contribution >= 4 is 35.2 Å². The van der Waals surface area contributed by atoms with E-state index >= 15 is 0 Å². The molecule has 23 heavy (non-hydrogen) atoms. The van der Waals surface area contributed by atoms with Gasteiger partial charge in [0, 0.05) is 15.5 Å². The Kier molecular flexibility index (Phi) is 6.50. The lowest BCUT2D eigenvalue weighted by Gasteiger charge is -2.17. The molecule has 0 saturated heterocycles. The molecule has 0 aliphatic rings. The van der Waals surface area contributed by atoms with Crippen LogP contribution < -0.4 is 5.32 Å². The standard InChI is InChI=1S/C17H16ClNO3S/c1-2-22-17(21)19-16(15(20)12-6-4-3-5-7-12)23-14-10-8-13(18)9-11-14/h3-11,16H,2H2,1H3,(H,19,21)/t16-/m0/s1. The average molecular weight is 350 g/mol. The predicted molar refractivity (Wildman–Crippen MR) is 92.0 cm³/mol. The minimum absolute atomic E-state index is 0.196. The van der Waals surface area contributed by atoms with E-state index in [0.29, 0.717) is 10.6 Å². The number of Topliss-reactive ketones (excluding diaryl/α,β-unsaturated/α-hetero) is 1. The topological polar surface area (TPSA) is 55.4 Å². The summed E-state index contributed by atoms with van der Waals surface area (Å²) in [7, 11) is 0. The molecule has 0 aliphatic carbocycles. The Hall–Kier alpha value is -1.98. The molecule has 120 valence electrons. The summed E-state index contributed by atoms with van der Waals surface area (Å²) in [6.45, 7) is 1.95. The van der Waals surface area contributed by atoms with Crippen molar-refractivity contribution in [1.29, 1.82) is 0 Å². The van der Waals surface area contributed by atoms with Crippen molar-refractivity contribution in [1.82, 2.24) is 5.32 Å². The number of hydrogen-bond donors (Lipinski definition) is 1. The number of alkyl carbamates (subject to hydrolysis) is 1. The van der Waals surface area contributed by atoms with Crippen LogP contribution in [0.5, 0.6) is 0 Å². The molecule has 0 saturated carbocycles. The predicted octanol–water partition coefficient (Wildman–Crippen LogP) is 4.39. The van der Waals surface area contributed by atoms with E-state index in [9.17, 15) is 9.59 Å². The average Bonchev–Trinajstić information content (AvgIpc) is 2.56. The fourth-order valence-electron chi connectivity index (χ4n) is 1.83. The number of nitrogens with one attached hydrogen (secondary N) is 1. The van der Waals surface area contributed by atoms with Gasteiger partial charge in [-0.25, -0.2) is 4.79 Å². The van der Waals surface area contributed by atoms with Crippen molar-refractivity contribution in [2.45, 2.75) is 17.2 Å². The molecule has 4 nitrogen and oxygen atoms in total. The Morgan fingerprint density at radius 3 is 2.39 bits per heavy atom. The quantitative estimate of drug-likeness (QED) is 0.477. The van der Waals surface area contributed by atoms with Crippen molar-refractivity contribution in [3.05, 3.63) is 65.2 Å². The number of carbonyl (C=O) groups is 2. The van der Waals surface area contributed by atoms with Crippen LogP contribution in [-0.4, -0.2) is 23.9 Å². The van der Waals surface area contributed by atoms with Gasteiger partial charge >= 0.3 is 6.09 Å². The monoisotopic (exact) mass is 349 g/mol. The Morgan fingerprint density at radius 1 is 1.13 bits per heavy atom. The van der Waals surface area contributed by atoms with Gasteiger partial charge in [-0.3, -0.25) is 4.79 Å². The summed E-state index contributed by atoms with van der Waals surface area (Å²) in [5, 5.41) is 2.43. The molecular formula is C17H16ClNO3S. The normalized spacial score (nSPS) is 11.6. The van der Waals surface area contributed by atoms with Crippen molar-refractivity contribution in [3.8, 4) is 0 Å². The molecule has 2 rings (SSSR count). The molecule has 6 heteroatoms. The summed E-state index contributed by atoms with van der Waals surface area (Å²) in [5.74, 6) is -0.196. The Bertz CT molecular complexity index is 661. The molecule has 0 aromatic heterocycles. The van der Waals surface area contributed by atoms with Gasteiger partial charge in [-0.2, -0.15) is 0 Å². The number of thioether (sulfide) groups is 1. The van der Waals surface area contributed by atoms with Gasteiger partial charge in [0.15, 0.2) is 5.78 Å². The summed E-state index contributed by atoms with van der Waals surface area (Å²) < 4.78 is 4.88. The summed E-state index contributed by atoms with van der Waals surface area (Å²) in [5.41, 5.74) is 0.524. The lowest BCUT2D eigenvalue weighted by Crippen LogP contribution is -2.38. The molecule has 2 aromatic carbocycles. The van der Waals surface area contributed by atoms with Gasteiger partial charge in [0.25, 0.3) is 0 Å². The van der Waals surface area contributed by atoms with Crippen LogP contribution in [-0.2, 0) is 4.74 Å². The van der Waals surface area contributed by atoms with Crippen molar-refractivity contribution in [2.24, 2.45) is 0 Å². The van der Waals surface area contributed by atoms with E-state index in [1.54, 1.807) is 55.5 Å². The van der Waals surface area contributed by atoms with Crippen molar-refractivity contribution in [2.75, 3.05) is 6.61 Å². The van der Waals surface area contributed by atoms with E-state index < -0.39 is 11.5 Å². The number of ether oxygens (including phenoxy) is 1. The van der Waals surface area contributed by atoms with Crippen LogP contribution in [0.2, 0.25) is 5.02 Å². The Morgan fingerprint density at radius 2 is 1.78 bits per heavy atom. The van der Waals surface area contributed by atoms with Crippen LogP contribution in [0.25, 0.3) is 0 Å². The molecule has 1 atom stereocenters. The van der Waals surface area contributed by atoms with Gasteiger partial charge in [0.2, 0.25) is 0 Å². The van der Waals surface area contributed by atoms with Crippen LogP contribution in [0.1, 0.15) is 17.3 Å². The first-order chi connectivity index (χ1) is 11.1. The maximum Gasteiger partial charge on any atom is 0.408 e. The minimum Gasteiger partial charge on any atom is -0.450 e. The largest absolute Gasteiger partial charge is 0.450 e. The van der Waals surface area contributed by atoms with Crippen molar-refractivity contribution < 1.29 is 14.3 Å². The second kappa shape index (κ2) is 8.60. The van der Waals surface area contributed by atoms with Crippen LogP contribution in [0.4, 0.5) is 4.79 Å². The molecule has 0 unspecified atom stereocenters. The maximum atomic E-state index is 12.6. The van der Waals surface area contributed by atoms with E-state index in [4.69, 9.17) is 16.3 Å². The molecule has 0 aliphatic heterocycles. The molecule has 1 amide bonds. The zero-order valence-corrected chi connectivity index (χ0v) is 14.1. The fraction of sp³-hybridized carbons (Fsp3) is 0.176. The minimum atomic E-state index is -0.780. The zero-order chi connectivity index (χ0) is 16.7. The number of amides is 1. The number of ketones is 1. The molecule has 0 radical (unpaired) electrons. The first kappa shape index (κ1) is 17.4. The fourth-order valence-corrected chi connectivity index (χ4v) is 2.92. The summed E-state index contributed by atoms with van der Waals surface area (Å²) in [6.07, 6.45) is -0.622. The molecular weight excluding hydrogens is 334 g/mol. The van der Waals surface area contributed by atoms with E-state index in [-0.39, 0.29) is 12.4 Å². The first-order valence-corrected chi connectivity index (χ1v) is 8.30. The smallest absolute Gasteiger partial charge is 0.408 e. The van der Waals surface area contributed by atoms with Crippen LogP contribution in [0, 0.1) is 0 Å². The third-order valence-electron chi connectivity index (χ3n) is 2.89. The zero-order valence-electron chi connectivity index (χ0n) is 12.5. The van der Waals surface area contributed by atoms with Gasteiger partial charge in [-0.05, 0) is 31.2 Å². The lowest BCUT2D eigenvalue weighted by atomic mass is 10.1. The number of carbonyl (C=O) groups excluding carboxylic acids is 2. The van der Waals surface area contributed by atoms with Gasteiger partial charge < -0.3 is 10.1 Å².